The molecule has 3 aromatic carbocycles. The highest BCUT2D eigenvalue weighted by atomic mass is 35.5. The van der Waals surface area contributed by atoms with E-state index in [0.29, 0.717) is 18.1 Å². The van der Waals surface area contributed by atoms with Crippen molar-refractivity contribution in [3.05, 3.63) is 88.9 Å². The minimum atomic E-state index is -0.273. The molecule has 1 aliphatic rings. The van der Waals surface area contributed by atoms with Crippen molar-refractivity contribution in [3.63, 3.8) is 0 Å². The summed E-state index contributed by atoms with van der Waals surface area (Å²) in [6.45, 7) is 4.10. The number of methoxy groups -OCH3 is 1. The third-order valence-corrected chi connectivity index (χ3v) is 6.64. The van der Waals surface area contributed by atoms with Crippen LogP contribution in [0.2, 0.25) is 5.02 Å². The Labute approximate surface area is 201 Å². The number of piperidine rings is 1. The summed E-state index contributed by atoms with van der Waals surface area (Å²) < 4.78 is 11.2. The zero-order valence-corrected chi connectivity index (χ0v) is 19.9. The highest BCUT2D eigenvalue weighted by molar-refractivity contribution is 6.30. The van der Waals surface area contributed by atoms with E-state index in [1.807, 2.05) is 50.4 Å². The van der Waals surface area contributed by atoms with Crippen molar-refractivity contribution < 1.29 is 14.3 Å². The Balaban J connectivity index is 1.46. The van der Waals surface area contributed by atoms with Gasteiger partial charge in [0, 0.05) is 30.9 Å². The first kappa shape index (κ1) is 23.3. The average molecular weight is 464 g/mol. The van der Waals surface area contributed by atoms with Crippen LogP contribution in [0, 0.1) is 5.92 Å². The highest BCUT2D eigenvalue weighted by Crippen LogP contribution is 2.39. The summed E-state index contributed by atoms with van der Waals surface area (Å²) in [5, 5.41) is 0.738. The fraction of sp³-hybridized carbons (Fsp3) is 0.321. The van der Waals surface area contributed by atoms with Gasteiger partial charge in [0.2, 0.25) is 0 Å². The lowest BCUT2D eigenvalue weighted by Gasteiger charge is -2.37. The molecule has 0 saturated carbocycles. The molecule has 0 N–H and O–H groups in total. The fourth-order valence-electron chi connectivity index (χ4n) is 4.69. The number of esters is 1. The molecule has 33 heavy (non-hydrogen) atoms. The van der Waals surface area contributed by atoms with Crippen LogP contribution in [0.4, 0.5) is 5.69 Å². The van der Waals surface area contributed by atoms with Crippen LogP contribution in [0.25, 0.3) is 11.1 Å². The molecule has 1 atom stereocenters. The zero-order chi connectivity index (χ0) is 23.2. The number of anilines is 1. The number of carbonyl (C=O) groups excluding carboxylic acids is 1. The number of halogens is 1. The molecule has 3 aromatic rings. The standard InChI is InChI=1S/C28H30ClNO3/c1-3-33-28(31)22-10-14-24(15-11-22)30-18-16-21(17-19-30)27(32-2)26-7-5-4-6-25(26)20-8-12-23(29)13-9-20/h4-15,21,27H,3,16-19H2,1-2H3/t27-/m1/s1. The zero-order valence-electron chi connectivity index (χ0n) is 19.2. The van der Waals surface area contributed by atoms with Gasteiger partial charge < -0.3 is 14.4 Å². The lowest BCUT2D eigenvalue weighted by molar-refractivity contribution is 0.0413. The van der Waals surface area contributed by atoms with Gasteiger partial charge in [-0.25, -0.2) is 4.79 Å². The smallest absolute Gasteiger partial charge is 0.338 e. The molecule has 4 rings (SSSR count). The summed E-state index contributed by atoms with van der Waals surface area (Å²) in [7, 11) is 1.81. The summed E-state index contributed by atoms with van der Waals surface area (Å²) >= 11 is 6.10. The molecule has 0 radical (unpaired) electrons. The number of carbonyl (C=O) groups is 1. The maximum Gasteiger partial charge on any atom is 0.338 e. The van der Waals surface area contributed by atoms with E-state index in [1.54, 1.807) is 0 Å². The molecule has 1 fully saturated rings. The molecule has 0 aromatic heterocycles. The van der Waals surface area contributed by atoms with Gasteiger partial charge in [-0.05, 0) is 78.8 Å². The fourth-order valence-corrected chi connectivity index (χ4v) is 4.82. The Kier molecular flexibility index (Phi) is 7.69. The molecule has 1 aliphatic heterocycles. The predicted octanol–water partition coefficient (Wildman–Crippen LogP) is 6.79. The minimum Gasteiger partial charge on any atom is -0.462 e. The van der Waals surface area contributed by atoms with Crippen molar-refractivity contribution in [3.8, 4) is 11.1 Å². The van der Waals surface area contributed by atoms with E-state index in [9.17, 15) is 4.79 Å². The highest BCUT2D eigenvalue weighted by Gasteiger charge is 2.29. The van der Waals surface area contributed by atoms with E-state index in [4.69, 9.17) is 21.1 Å². The predicted molar refractivity (Wildman–Crippen MR) is 134 cm³/mol. The summed E-state index contributed by atoms with van der Waals surface area (Å²) in [4.78, 5) is 14.3. The van der Waals surface area contributed by atoms with Crippen molar-refractivity contribution >= 4 is 23.3 Å². The van der Waals surface area contributed by atoms with Gasteiger partial charge in [-0.3, -0.25) is 0 Å². The van der Waals surface area contributed by atoms with Crippen LogP contribution in [-0.2, 0) is 9.47 Å². The maximum atomic E-state index is 11.9. The first-order valence-electron chi connectivity index (χ1n) is 11.5. The van der Waals surface area contributed by atoms with Gasteiger partial charge in [0.15, 0.2) is 0 Å². The first-order valence-corrected chi connectivity index (χ1v) is 11.9. The normalized spacial score (nSPS) is 15.3. The topological polar surface area (TPSA) is 38.8 Å². The van der Waals surface area contributed by atoms with Crippen LogP contribution in [0.3, 0.4) is 0 Å². The van der Waals surface area contributed by atoms with E-state index in [0.717, 1.165) is 42.2 Å². The second-order valence-electron chi connectivity index (χ2n) is 8.34. The third kappa shape index (κ3) is 5.40. The molecule has 0 amide bonds. The molecule has 172 valence electrons. The SMILES string of the molecule is CCOC(=O)c1ccc(N2CCC([C@@H](OC)c3ccccc3-c3ccc(Cl)cc3)CC2)cc1. The largest absolute Gasteiger partial charge is 0.462 e. The van der Waals surface area contributed by atoms with E-state index in [-0.39, 0.29) is 12.1 Å². The van der Waals surface area contributed by atoms with Gasteiger partial charge >= 0.3 is 5.97 Å². The Morgan fingerprint density at radius 1 is 1.00 bits per heavy atom. The number of ether oxygens (including phenoxy) is 2. The van der Waals surface area contributed by atoms with Crippen LogP contribution in [-0.4, -0.2) is 32.8 Å². The summed E-state index contributed by atoms with van der Waals surface area (Å²) in [6, 6.07) is 24.2. The molecule has 0 unspecified atom stereocenters. The average Bonchev–Trinajstić information content (AvgIpc) is 2.86. The van der Waals surface area contributed by atoms with Crippen LogP contribution in [0.5, 0.6) is 0 Å². The molecule has 1 heterocycles. The van der Waals surface area contributed by atoms with Gasteiger partial charge in [0.05, 0.1) is 18.3 Å². The second-order valence-corrected chi connectivity index (χ2v) is 8.78. The quantitative estimate of drug-likeness (QED) is 0.361. The van der Waals surface area contributed by atoms with E-state index in [1.165, 1.54) is 11.1 Å². The van der Waals surface area contributed by atoms with E-state index in [2.05, 4.69) is 41.3 Å². The lowest BCUT2D eigenvalue weighted by Crippen LogP contribution is -2.36. The Morgan fingerprint density at radius 3 is 2.30 bits per heavy atom. The van der Waals surface area contributed by atoms with Crippen LogP contribution < -0.4 is 4.90 Å². The third-order valence-electron chi connectivity index (χ3n) is 6.39. The first-order chi connectivity index (χ1) is 16.1. The maximum absolute atomic E-state index is 11.9. The number of nitrogens with zero attached hydrogens (tertiary/aromatic N) is 1. The van der Waals surface area contributed by atoms with Crippen molar-refractivity contribution in [2.24, 2.45) is 5.92 Å². The molecule has 1 saturated heterocycles. The summed E-state index contributed by atoms with van der Waals surface area (Å²) in [5.41, 5.74) is 5.29. The number of rotatable bonds is 7. The van der Waals surface area contributed by atoms with Gasteiger partial charge in [-0.2, -0.15) is 0 Å². The van der Waals surface area contributed by atoms with Crippen molar-refractivity contribution in [1.82, 2.24) is 0 Å². The Bertz CT molecular complexity index is 1060. The molecule has 5 heteroatoms. The molecule has 0 spiro atoms. The van der Waals surface area contributed by atoms with Gasteiger partial charge in [0.1, 0.15) is 0 Å². The Morgan fingerprint density at radius 2 is 1.67 bits per heavy atom. The minimum absolute atomic E-state index is 0.0326. The van der Waals surface area contributed by atoms with Gasteiger partial charge in [-0.15, -0.1) is 0 Å². The number of hydrogen-bond acceptors (Lipinski definition) is 4. The second kappa shape index (κ2) is 10.9. The van der Waals surface area contributed by atoms with Gasteiger partial charge in [0.25, 0.3) is 0 Å². The van der Waals surface area contributed by atoms with Crippen molar-refractivity contribution in [2.45, 2.75) is 25.9 Å². The Hall–Kier alpha value is -2.82. The summed E-state index contributed by atoms with van der Waals surface area (Å²) in [6.07, 6.45) is 2.10. The molecular formula is C28H30ClNO3. The summed E-state index contributed by atoms with van der Waals surface area (Å²) in [5.74, 6) is 0.156. The molecular weight excluding hydrogens is 434 g/mol. The van der Waals surface area contributed by atoms with Crippen LogP contribution >= 0.6 is 11.6 Å². The van der Waals surface area contributed by atoms with E-state index < -0.39 is 0 Å². The van der Waals surface area contributed by atoms with Gasteiger partial charge in [-0.1, -0.05) is 48.0 Å². The van der Waals surface area contributed by atoms with Crippen molar-refractivity contribution in [1.29, 1.82) is 0 Å². The monoisotopic (exact) mass is 463 g/mol. The van der Waals surface area contributed by atoms with Crippen LogP contribution in [0.1, 0.15) is 41.8 Å². The molecule has 4 nitrogen and oxygen atoms in total. The number of benzene rings is 3. The molecule has 0 bridgehead atoms. The lowest BCUT2D eigenvalue weighted by atomic mass is 9.84. The van der Waals surface area contributed by atoms with Crippen molar-refractivity contribution in [2.75, 3.05) is 31.7 Å². The number of hydrogen-bond donors (Lipinski definition) is 0. The van der Waals surface area contributed by atoms with Crippen LogP contribution in [0.15, 0.2) is 72.8 Å². The van der Waals surface area contributed by atoms with E-state index >= 15 is 0 Å². The molecule has 0 aliphatic carbocycles.